The van der Waals surface area contributed by atoms with Crippen molar-refractivity contribution in [1.82, 2.24) is 0 Å². The van der Waals surface area contributed by atoms with Crippen molar-refractivity contribution in [3.05, 3.63) is 23.8 Å². The Morgan fingerprint density at radius 3 is 2.71 bits per heavy atom. The van der Waals surface area contributed by atoms with Crippen molar-refractivity contribution in [2.24, 2.45) is 16.5 Å². The van der Waals surface area contributed by atoms with Gasteiger partial charge in [-0.1, -0.05) is 38.1 Å². The Labute approximate surface area is 83.1 Å². The topological polar surface area (TPSA) is 38.7 Å². The molecule has 1 unspecified atom stereocenters. The number of rotatable bonds is 0. The van der Waals surface area contributed by atoms with Gasteiger partial charge in [-0.25, -0.2) is 4.79 Å². The van der Waals surface area contributed by atoms with Crippen LogP contribution in [0.3, 0.4) is 0 Å². The molecule has 1 aliphatic carbocycles. The Morgan fingerprint density at radius 2 is 2.07 bits per heavy atom. The predicted octanol–water partition coefficient (Wildman–Crippen LogP) is 2.06. The van der Waals surface area contributed by atoms with E-state index in [1.165, 1.54) is 0 Å². The third kappa shape index (κ3) is 1.39. The molecule has 0 aromatic heterocycles. The average Bonchev–Trinajstić information content (AvgIpc) is 2.46. The van der Waals surface area contributed by atoms with Crippen molar-refractivity contribution in [3.8, 4) is 0 Å². The summed E-state index contributed by atoms with van der Waals surface area (Å²) in [7, 11) is 0. The van der Waals surface area contributed by atoms with Gasteiger partial charge in [-0.05, 0) is 17.1 Å². The first-order valence-electron chi connectivity index (χ1n) is 4.67. The molecule has 0 saturated heterocycles. The smallest absolute Gasteiger partial charge is 0.317 e. The molecular weight excluding hydrogens is 178 g/mol. The van der Waals surface area contributed by atoms with E-state index in [9.17, 15) is 4.79 Å². The Balaban J connectivity index is 2.34. The summed E-state index contributed by atoms with van der Waals surface area (Å²) < 4.78 is 0. The van der Waals surface area contributed by atoms with Crippen LogP contribution < -0.4 is 0 Å². The minimum atomic E-state index is -0.283. The molecule has 0 N–H and O–H groups in total. The number of hydrogen-bond acceptors (Lipinski definition) is 3. The second-order valence-corrected chi connectivity index (χ2v) is 4.61. The molecule has 0 bridgehead atoms. The fourth-order valence-corrected chi connectivity index (χ4v) is 1.53. The predicted molar refractivity (Wildman–Crippen MR) is 53.7 cm³/mol. The average molecular weight is 191 g/mol. The first-order chi connectivity index (χ1) is 6.48. The molecule has 3 heteroatoms. The van der Waals surface area contributed by atoms with Gasteiger partial charge in [-0.2, -0.15) is 0 Å². The zero-order valence-electron chi connectivity index (χ0n) is 8.57. The second-order valence-electron chi connectivity index (χ2n) is 4.61. The number of carbonyl (C=O) groups is 1. The number of nitrogens with zero attached hydrogens (tertiary/aromatic N) is 1. The lowest BCUT2D eigenvalue weighted by molar-refractivity contribution is -0.142. The van der Waals surface area contributed by atoms with Crippen LogP contribution in [0.4, 0.5) is 0 Å². The third-order valence-corrected chi connectivity index (χ3v) is 2.46. The van der Waals surface area contributed by atoms with E-state index in [2.05, 4.69) is 30.8 Å². The van der Waals surface area contributed by atoms with Gasteiger partial charge in [0.05, 0.1) is 5.71 Å². The van der Waals surface area contributed by atoms with Gasteiger partial charge in [-0.15, -0.1) is 0 Å². The quantitative estimate of drug-likeness (QED) is 0.550. The number of fused-ring (bicyclic) bond motifs is 1. The molecule has 0 radical (unpaired) electrons. The summed E-state index contributed by atoms with van der Waals surface area (Å²) in [4.78, 5) is 15.9. The highest BCUT2D eigenvalue weighted by molar-refractivity contribution is 6.13. The summed E-state index contributed by atoms with van der Waals surface area (Å²) in [6.07, 6.45) is 5.79. The van der Waals surface area contributed by atoms with Crippen molar-refractivity contribution in [2.75, 3.05) is 0 Å². The van der Waals surface area contributed by atoms with Crippen LogP contribution in [0.5, 0.6) is 0 Å². The van der Waals surface area contributed by atoms with Crippen LogP contribution in [0.25, 0.3) is 0 Å². The Kier molecular flexibility index (Phi) is 1.84. The fraction of sp³-hybridized carbons (Fsp3) is 0.455. The lowest BCUT2D eigenvalue weighted by Gasteiger charge is -2.23. The van der Waals surface area contributed by atoms with E-state index in [0.717, 1.165) is 5.57 Å². The molecule has 14 heavy (non-hydrogen) atoms. The van der Waals surface area contributed by atoms with Crippen LogP contribution in [0.1, 0.15) is 20.8 Å². The van der Waals surface area contributed by atoms with Gasteiger partial charge >= 0.3 is 5.97 Å². The maximum absolute atomic E-state index is 11.3. The summed E-state index contributed by atoms with van der Waals surface area (Å²) in [5, 5.41) is 3.69. The van der Waals surface area contributed by atoms with Crippen molar-refractivity contribution in [2.45, 2.75) is 20.8 Å². The molecule has 1 atom stereocenters. The van der Waals surface area contributed by atoms with Crippen LogP contribution in [0, 0.1) is 11.3 Å². The van der Waals surface area contributed by atoms with Crippen molar-refractivity contribution in [3.63, 3.8) is 0 Å². The molecule has 0 spiro atoms. The van der Waals surface area contributed by atoms with Crippen LogP contribution in [-0.4, -0.2) is 11.7 Å². The summed E-state index contributed by atoms with van der Waals surface area (Å²) in [6.45, 7) is 6.35. The van der Waals surface area contributed by atoms with Crippen molar-refractivity contribution in [1.29, 1.82) is 0 Å². The molecule has 2 aliphatic rings. The minimum Gasteiger partial charge on any atom is -0.317 e. The van der Waals surface area contributed by atoms with E-state index in [-0.39, 0.29) is 17.3 Å². The van der Waals surface area contributed by atoms with E-state index in [4.69, 9.17) is 0 Å². The van der Waals surface area contributed by atoms with Crippen LogP contribution in [-0.2, 0) is 9.63 Å². The molecule has 2 rings (SSSR count). The highest BCUT2D eigenvalue weighted by atomic mass is 16.7. The van der Waals surface area contributed by atoms with Crippen LogP contribution >= 0.6 is 0 Å². The summed E-state index contributed by atoms with van der Waals surface area (Å²) in [5.74, 6) is -0.555. The number of carbonyl (C=O) groups excluding carboxylic acids is 1. The fourth-order valence-electron chi connectivity index (χ4n) is 1.53. The molecule has 0 amide bonds. The lowest BCUT2D eigenvalue weighted by atomic mass is 9.80. The number of oxime groups is 1. The van der Waals surface area contributed by atoms with Gasteiger partial charge < -0.3 is 4.84 Å². The molecule has 0 aromatic rings. The zero-order valence-corrected chi connectivity index (χ0v) is 8.57. The maximum atomic E-state index is 11.3. The van der Waals surface area contributed by atoms with Crippen molar-refractivity contribution >= 4 is 11.7 Å². The monoisotopic (exact) mass is 191 g/mol. The van der Waals surface area contributed by atoms with Crippen LogP contribution in [0.2, 0.25) is 0 Å². The number of hydrogen-bond donors (Lipinski definition) is 0. The molecular formula is C11H13NO2. The standard InChI is InChI=1S/C11H13NO2/c1-11(2,3)7-4-5-9-8(6-7)10(13)14-12-9/h4-6,8H,1-3H3. The molecule has 74 valence electrons. The van der Waals surface area contributed by atoms with Gasteiger partial charge in [0.25, 0.3) is 0 Å². The van der Waals surface area contributed by atoms with Crippen molar-refractivity contribution < 1.29 is 9.63 Å². The zero-order chi connectivity index (χ0) is 10.3. The molecule has 1 aliphatic heterocycles. The SMILES string of the molecule is CC(C)(C)C1=CC2C(=O)ON=C2C=C1. The third-order valence-electron chi connectivity index (χ3n) is 2.46. The maximum Gasteiger partial charge on any atom is 0.347 e. The van der Waals surface area contributed by atoms with Crippen LogP contribution in [0.15, 0.2) is 29.0 Å². The Morgan fingerprint density at radius 1 is 1.36 bits per heavy atom. The van der Waals surface area contributed by atoms with E-state index in [1.807, 2.05) is 18.2 Å². The molecule has 0 aromatic carbocycles. The first kappa shape index (κ1) is 9.19. The summed E-state index contributed by atoms with van der Waals surface area (Å²) >= 11 is 0. The Hall–Kier alpha value is -1.38. The lowest BCUT2D eigenvalue weighted by Crippen LogP contribution is -2.20. The normalized spacial score (nSPS) is 25.4. The van der Waals surface area contributed by atoms with E-state index >= 15 is 0 Å². The molecule has 0 fully saturated rings. The van der Waals surface area contributed by atoms with Gasteiger partial charge in [0.15, 0.2) is 0 Å². The number of allylic oxidation sites excluding steroid dienone is 3. The van der Waals surface area contributed by atoms with Gasteiger partial charge in [0, 0.05) is 0 Å². The van der Waals surface area contributed by atoms with Gasteiger partial charge in [0.1, 0.15) is 5.92 Å². The highest BCUT2D eigenvalue weighted by Gasteiger charge is 2.33. The van der Waals surface area contributed by atoms with Gasteiger partial charge in [-0.3, -0.25) is 0 Å². The summed E-state index contributed by atoms with van der Waals surface area (Å²) in [5.41, 5.74) is 1.92. The van der Waals surface area contributed by atoms with E-state index < -0.39 is 0 Å². The molecule has 0 saturated carbocycles. The first-order valence-corrected chi connectivity index (χ1v) is 4.67. The molecule has 1 heterocycles. The minimum absolute atomic E-state index is 0.0604. The van der Waals surface area contributed by atoms with E-state index in [1.54, 1.807) is 0 Å². The second kappa shape index (κ2) is 2.80. The molecule has 3 nitrogen and oxygen atoms in total. The van der Waals surface area contributed by atoms with Gasteiger partial charge in [0.2, 0.25) is 0 Å². The Bertz CT molecular complexity index is 369. The summed E-state index contributed by atoms with van der Waals surface area (Å²) in [6, 6.07) is 0. The van der Waals surface area contributed by atoms with E-state index in [0.29, 0.717) is 5.71 Å². The largest absolute Gasteiger partial charge is 0.347 e. The highest BCUT2D eigenvalue weighted by Crippen LogP contribution is 2.32.